The molecule has 1 unspecified atom stereocenters. The van der Waals surface area contributed by atoms with Crippen molar-refractivity contribution in [2.24, 2.45) is 4.99 Å². The molecule has 0 saturated carbocycles. The van der Waals surface area contributed by atoms with E-state index < -0.39 is 0 Å². The molecule has 1 aromatic carbocycles. The van der Waals surface area contributed by atoms with Crippen LogP contribution < -0.4 is 10.6 Å². The Kier molecular flexibility index (Phi) is 8.98. The van der Waals surface area contributed by atoms with E-state index in [1.165, 1.54) is 17.7 Å². The van der Waals surface area contributed by atoms with Crippen molar-refractivity contribution in [3.63, 3.8) is 0 Å². The van der Waals surface area contributed by atoms with Gasteiger partial charge in [0.1, 0.15) is 5.82 Å². The monoisotopic (exact) mass is 502 g/mol. The van der Waals surface area contributed by atoms with E-state index in [1.807, 2.05) is 23.5 Å². The summed E-state index contributed by atoms with van der Waals surface area (Å²) >= 11 is 1.88. The SMILES string of the molecule is CN=C(NCCc1ccc(F)cc1)NCC(C)N1CCc2sccc2C1.I. The number of nitrogens with one attached hydrogen (secondary N) is 2. The van der Waals surface area contributed by atoms with E-state index in [0.717, 1.165) is 50.5 Å². The lowest BCUT2D eigenvalue weighted by Crippen LogP contribution is -2.47. The van der Waals surface area contributed by atoms with Gasteiger partial charge in [-0.1, -0.05) is 12.1 Å². The van der Waals surface area contributed by atoms with Crippen molar-refractivity contribution in [3.8, 4) is 0 Å². The second-order valence-corrected chi connectivity index (χ2v) is 7.70. The van der Waals surface area contributed by atoms with Crippen molar-refractivity contribution >= 4 is 41.3 Å². The molecule has 2 aromatic rings. The number of rotatable bonds is 6. The molecule has 0 amide bonds. The van der Waals surface area contributed by atoms with Crippen LogP contribution in [0.2, 0.25) is 0 Å². The third-order valence-electron chi connectivity index (χ3n) is 4.87. The van der Waals surface area contributed by atoms with Crippen LogP contribution >= 0.6 is 35.3 Å². The van der Waals surface area contributed by atoms with Gasteiger partial charge in [-0.15, -0.1) is 35.3 Å². The van der Waals surface area contributed by atoms with E-state index in [0.29, 0.717) is 6.04 Å². The van der Waals surface area contributed by atoms with Gasteiger partial charge in [-0.3, -0.25) is 9.89 Å². The van der Waals surface area contributed by atoms with Crippen molar-refractivity contribution in [1.29, 1.82) is 0 Å². The van der Waals surface area contributed by atoms with Gasteiger partial charge in [0.15, 0.2) is 5.96 Å². The summed E-state index contributed by atoms with van der Waals surface area (Å²) < 4.78 is 12.9. The van der Waals surface area contributed by atoms with Gasteiger partial charge in [-0.05, 0) is 54.5 Å². The molecule has 0 fully saturated rings. The minimum Gasteiger partial charge on any atom is -0.356 e. The summed E-state index contributed by atoms with van der Waals surface area (Å²) in [5, 5.41) is 8.95. The van der Waals surface area contributed by atoms with Gasteiger partial charge in [0.2, 0.25) is 0 Å². The molecule has 1 aromatic heterocycles. The van der Waals surface area contributed by atoms with E-state index in [-0.39, 0.29) is 29.8 Å². The molecule has 1 atom stereocenters. The predicted molar refractivity (Wildman–Crippen MR) is 123 cm³/mol. The first-order valence-corrected chi connectivity index (χ1v) is 10.0. The fourth-order valence-corrected chi connectivity index (χ4v) is 4.11. The fraction of sp³-hybridized carbons (Fsp3) is 0.450. The standard InChI is InChI=1S/C20H27FN4S.HI/c1-15(25-11-8-19-17(14-25)9-12-26-19)13-24-20(22-2)23-10-7-16-3-5-18(21)6-4-16;/h3-6,9,12,15H,7-8,10-11,13-14H2,1-2H3,(H2,22,23,24);1H. The number of thiophene rings is 1. The van der Waals surface area contributed by atoms with Crippen LogP contribution in [0.3, 0.4) is 0 Å². The van der Waals surface area contributed by atoms with Crippen LogP contribution in [0.25, 0.3) is 0 Å². The first-order valence-electron chi connectivity index (χ1n) is 9.14. The molecule has 1 aliphatic heterocycles. The zero-order valence-electron chi connectivity index (χ0n) is 15.9. The predicted octanol–water partition coefficient (Wildman–Crippen LogP) is 3.66. The Morgan fingerprint density at radius 2 is 2.04 bits per heavy atom. The average molecular weight is 502 g/mol. The maximum absolute atomic E-state index is 12.9. The van der Waals surface area contributed by atoms with E-state index in [2.05, 4.69) is 38.9 Å². The highest BCUT2D eigenvalue weighted by atomic mass is 127. The van der Waals surface area contributed by atoms with E-state index in [1.54, 1.807) is 11.9 Å². The molecular weight excluding hydrogens is 474 g/mol. The summed E-state index contributed by atoms with van der Waals surface area (Å²) in [4.78, 5) is 8.36. The third kappa shape index (κ3) is 6.43. The molecule has 1 aliphatic rings. The summed E-state index contributed by atoms with van der Waals surface area (Å²) in [5.41, 5.74) is 2.59. The van der Waals surface area contributed by atoms with E-state index >= 15 is 0 Å². The topological polar surface area (TPSA) is 39.7 Å². The lowest BCUT2D eigenvalue weighted by Gasteiger charge is -2.32. The molecule has 148 valence electrons. The van der Waals surface area contributed by atoms with Crippen LogP contribution in [0.4, 0.5) is 4.39 Å². The zero-order valence-corrected chi connectivity index (χ0v) is 19.0. The maximum Gasteiger partial charge on any atom is 0.191 e. The number of halogens is 2. The summed E-state index contributed by atoms with van der Waals surface area (Å²) in [5.74, 6) is 0.618. The third-order valence-corrected chi connectivity index (χ3v) is 5.89. The normalized spacial score (nSPS) is 15.6. The molecular formula is C20H28FIN4S. The Balaban J connectivity index is 0.00000261. The second kappa shape index (κ2) is 11.0. The average Bonchev–Trinajstić information content (AvgIpc) is 3.13. The van der Waals surface area contributed by atoms with Crippen LogP contribution in [0.15, 0.2) is 40.7 Å². The highest BCUT2D eigenvalue weighted by molar-refractivity contribution is 14.0. The summed E-state index contributed by atoms with van der Waals surface area (Å²) in [6, 6.07) is 9.35. The maximum atomic E-state index is 12.9. The summed E-state index contributed by atoms with van der Waals surface area (Å²) in [6.45, 7) is 6.04. The Morgan fingerprint density at radius 3 is 2.78 bits per heavy atom. The first kappa shape index (κ1) is 22.1. The molecule has 2 heterocycles. The van der Waals surface area contributed by atoms with E-state index in [9.17, 15) is 4.39 Å². The van der Waals surface area contributed by atoms with E-state index in [4.69, 9.17) is 0 Å². The van der Waals surface area contributed by atoms with Crippen LogP contribution in [0, 0.1) is 5.82 Å². The smallest absolute Gasteiger partial charge is 0.191 e. The molecule has 0 aliphatic carbocycles. The largest absolute Gasteiger partial charge is 0.356 e. The van der Waals surface area contributed by atoms with Crippen LogP contribution in [-0.2, 0) is 19.4 Å². The fourth-order valence-electron chi connectivity index (χ4n) is 3.22. The van der Waals surface area contributed by atoms with Crippen LogP contribution in [0.5, 0.6) is 0 Å². The molecule has 0 saturated heterocycles. The van der Waals surface area contributed by atoms with Gasteiger partial charge >= 0.3 is 0 Å². The van der Waals surface area contributed by atoms with Gasteiger partial charge in [0.25, 0.3) is 0 Å². The Hall–Kier alpha value is -1.19. The van der Waals surface area contributed by atoms with Crippen molar-refractivity contribution < 1.29 is 4.39 Å². The lowest BCUT2D eigenvalue weighted by molar-refractivity contribution is 0.192. The number of benzene rings is 1. The van der Waals surface area contributed by atoms with Gasteiger partial charge in [0, 0.05) is 44.1 Å². The molecule has 3 rings (SSSR count). The molecule has 0 bridgehead atoms. The molecule has 27 heavy (non-hydrogen) atoms. The zero-order chi connectivity index (χ0) is 18.4. The second-order valence-electron chi connectivity index (χ2n) is 6.69. The quantitative estimate of drug-likeness (QED) is 0.360. The number of aliphatic imine (C=N–C) groups is 1. The summed E-state index contributed by atoms with van der Waals surface area (Å²) in [6.07, 6.45) is 1.99. The minimum absolute atomic E-state index is 0. The molecule has 4 nitrogen and oxygen atoms in total. The van der Waals surface area contributed by atoms with Gasteiger partial charge in [-0.25, -0.2) is 4.39 Å². The molecule has 7 heteroatoms. The Labute approximate surface area is 182 Å². The molecule has 2 N–H and O–H groups in total. The Morgan fingerprint density at radius 1 is 1.26 bits per heavy atom. The summed E-state index contributed by atoms with van der Waals surface area (Å²) in [7, 11) is 1.79. The first-order chi connectivity index (χ1) is 12.7. The number of fused-ring (bicyclic) bond motifs is 1. The highest BCUT2D eigenvalue weighted by Gasteiger charge is 2.21. The molecule has 0 radical (unpaired) electrons. The Bertz CT molecular complexity index is 732. The number of hydrogen-bond donors (Lipinski definition) is 2. The van der Waals surface area contributed by atoms with Crippen molar-refractivity contribution in [2.75, 3.05) is 26.7 Å². The van der Waals surface area contributed by atoms with Gasteiger partial charge < -0.3 is 10.6 Å². The minimum atomic E-state index is -0.194. The van der Waals surface area contributed by atoms with Gasteiger partial charge in [0.05, 0.1) is 0 Å². The van der Waals surface area contributed by atoms with Crippen LogP contribution in [0.1, 0.15) is 22.9 Å². The number of nitrogens with zero attached hydrogens (tertiary/aromatic N) is 2. The van der Waals surface area contributed by atoms with Crippen LogP contribution in [-0.4, -0.2) is 43.6 Å². The number of hydrogen-bond acceptors (Lipinski definition) is 3. The number of guanidine groups is 1. The van der Waals surface area contributed by atoms with Crippen molar-refractivity contribution in [3.05, 3.63) is 57.5 Å². The van der Waals surface area contributed by atoms with Crippen molar-refractivity contribution in [1.82, 2.24) is 15.5 Å². The lowest BCUT2D eigenvalue weighted by atomic mass is 10.1. The molecule has 0 spiro atoms. The van der Waals surface area contributed by atoms with Crippen molar-refractivity contribution in [2.45, 2.75) is 32.4 Å². The highest BCUT2D eigenvalue weighted by Crippen LogP contribution is 2.24. The van der Waals surface area contributed by atoms with Gasteiger partial charge in [-0.2, -0.15) is 0 Å².